The Bertz CT molecular complexity index is 569. The van der Waals surface area contributed by atoms with Crippen LogP contribution in [0.4, 0.5) is 4.79 Å². The van der Waals surface area contributed by atoms with E-state index in [1.807, 2.05) is 62.6 Å². The average Bonchev–Trinajstić information content (AvgIpc) is 2.55. The Balaban J connectivity index is 1.83. The maximum Gasteiger partial charge on any atom is 0.315 e. The Kier molecular flexibility index (Phi) is 5.98. The molecule has 4 heteroatoms. The number of rotatable bonds is 6. The Hall–Kier alpha value is -2.33. The van der Waals surface area contributed by atoms with Crippen LogP contribution in [-0.2, 0) is 6.54 Å². The number of carbonyl (C=O) groups is 1. The molecule has 2 rings (SSSR count). The molecule has 2 amide bonds. The summed E-state index contributed by atoms with van der Waals surface area (Å²) in [6.07, 6.45) is 0. The minimum atomic E-state index is -0.147. The van der Waals surface area contributed by atoms with Gasteiger partial charge in [0.15, 0.2) is 0 Å². The second kappa shape index (κ2) is 8.20. The molecular formula is C18H23N3O. The van der Waals surface area contributed by atoms with Gasteiger partial charge in [-0.05, 0) is 25.2 Å². The summed E-state index contributed by atoms with van der Waals surface area (Å²) >= 11 is 0. The van der Waals surface area contributed by atoms with E-state index < -0.39 is 0 Å². The lowest BCUT2D eigenvalue weighted by molar-refractivity contribution is 0.232. The van der Waals surface area contributed by atoms with Gasteiger partial charge in [-0.3, -0.25) is 0 Å². The molecule has 0 aromatic heterocycles. The lowest BCUT2D eigenvalue weighted by Gasteiger charge is -2.25. The van der Waals surface area contributed by atoms with Gasteiger partial charge in [-0.25, -0.2) is 4.79 Å². The fourth-order valence-corrected chi connectivity index (χ4v) is 2.30. The van der Waals surface area contributed by atoms with Crippen LogP contribution in [0.2, 0.25) is 0 Å². The first-order chi connectivity index (χ1) is 10.7. The smallest absolute Gasteiger partial charge is 0.315 e. The average molecular weight is 297 g/mol. The molecule has 116 valence electrons. The molecule has 0 spiro atoms. The molecule has 1 atom stereocenters. The molecular weight excluding hydrogens is 274 g/mol. The van der Waals surface area contributed by atoms with E-state index in [0.717, 1.165) is 5.56 Å². The number of nitrogens with zero attached hydrogens (tertiary/aromatic N) is 1. The zero-order valence-corrected chi connectivity index (χ0v) is 13.1. The number of carbonyl (C=O) groups excluding carboxylic acids is 1. The van der Waals surface area contributed by atoms with Gasteiger partial charge >= 0.3 is 6.03 Å². The van der Waals surface area contributed by atoms with E-state index in [0.29, 0.717) is 13.1 Å². The summed E-state index contributed by atoms with van der Waals surface area (Å²) in [5.41, 5.74) is 2.28. The third kappa shape index (κ3) is 4.90. The van der Waals surface area contributed by atoms with Gasteiger partial charge in [0, 0.05) is 13.1 Å². The summed E-state index contributed by atoms with van der Waals surface area (Å²) < 4.78 is 0. The summed E-state index contributed by atoms with van der Waals surface area (Å²) in [5, 5.41) is 5.82. The number of amides is 2. The molecule has 0 aliphatic rings. The van der Waals surface area contributed by atoms with Crippen LogP contribution in [0.3, 0.4) is 0 Å². The third-order valence-corrected chi connectivity index (χ3v) is 3.56. The summed E-state index contributed by atoms with van der Waals surface area (Å²) in [6.45, 7) is 1.10. The van der Waals surface area contributed by atoms with Gasteiger partial charge in [0.1, 0.15) is 0 Å². The number of hydrogen-bond acceptors (Lipinski definition) is 2. The molecule has 0 saturated carbocycles. The number of likely N-dealkylation sites (N-methyl/N-ethyl adjacent to an activating group) is 1. The molecule has 0 heterocycles. The molecule has 0 unspecified atom stereocenters. The number of benzene rings is 2. The molecule has 4 nitrogen and oxygen atoms in total. The fraction of sp³-hybridized carbons (Fsp3) is 0.278. The van der Waals surface area contributed by atoms with E-state index in [9.17, 15) is 4.79 Å². The molecule has 0 fully saturated rings. The zero-order chi connectivity index (χ0) is 15.8. The quantitative estimate of drug-likeness (QED) is 0.861. The highest BCUT2D eigenvalue weighted by Gasteiger charge is 2.14. The lowest BCUT2D eigenvalue weighted by Crippen LogP contribution is -2.40. The Morgan fingerprint density at radius 3 is 2.14 bits per heavy atom. The molecule has 0 aliphatic heterocycles. The monoisotopic (exact) mass is 297 g/mol. The summed E-state index contributed by atoms with van der Waals surface area (Å²) in [5.74, 6) is 0. The first-order valence-corrected chi connectivity index (χ1v) is 7.44. The third-order valence-electron chi connectivity index (χ3n) is 3.56. The molecule has 0 bridgehead atoms. The zero-order valence-electron chi connectivity index (χ0n) is 13.1. The minimum Gasteiger partial charge on any atom is -0.336 e. The predicted octanol–water partition coefficient (Wildman–Crippen LogP) is 2.79. The predicted molar refractivity (Wildman–Crippen MR) is 89.6 cm³/mol. The van der Waals surface area contributed by atoms with Gasteiger partial charge in [0.25, 0.3) is 0 Å². The fourth-order valence-electron chi connectivity index (χ4n) is 2.30. The highest BCUT2D eigenvalue weighted by atomic mass is 16.2. The van der Waals surface area contributed by atoms with Crippen LogP contribution < -0.4 is 10.6 Å². The molecule has 2 aromatic rings. The van der Waals surface area contributed by atoms with Gasteiger partial charge < -0.3 is 15.5 Å². The van der Waals surface area contributed by atoms with Gasteiger partial charge in [-0.1, -0.05) is 60.7 Å². The van der Waals surface area contributed by atoms with Crippen molar-refractivity contribution in [2.24, 2.45) is 0 Å². The highest BCUT2D eigenvalue weighted by Crippen LogP contribution is 2.16. The standard InChI is InChI=1S/C18H23N3O/c1-21(2)17(16-11-7-4-8-12-16)14-20-18(22)19-13-15-9-5-3-6-10-15/h3-12,17H,13-14H2,1-2H3,(H2,19,20,22)/t17-/m0/s1. The van der Waals surface area contributed by atoms with Crippen molar-refractivity contribution in [2.75, 3.05) is 20.6 Å². The van der Waals surface area contributed by atoms with Gasteiger partial charge in [0.05, 0.1) is 6.04 Å². The van der Waals surface area contributed by atoms with Crippen molar-refractivity contribution in [3.63, 3.8) is 0 Å². The summed E-state index contributed by atoms with van der Waals surface area (Å²) in [4.78, 5) is 14.0. The van der Waals surface area contributed by atoms with E-state index >= 15 is 0 Å². The van der Waals surface area contributed by atoms with E-state index in [-0.39, 0.29) is 12.1 Å². The van der Waals surface area contributed by atoms with Crippen LogP contribution >= 0.6 is 0 Å². The Labute approximate surface area is 132 Å². The topological polar surface area (TPSA) is 44.4 Å². The number of hydrogen-bond donors (Lipinski definition) is 2. The SMILES string of the molecule is CN(C)[C@@H](CNC(=O)NCc1ccccc1)c1ccccc1. The Morgan fingerprint density at radius 2 is 1.55 bits per heavy atom. The van der Waals surface area contributed by atoms with Crippen LogP contribution in [0, 0.1) is 0 Å². The second-order valence-corrected chi connectivity index (χ2v) is 5.44. The van der Waals surface area contributed by atoms with Crippen molar-refractivity contribution >= 4 is 6.03 Å². The highest BCUT2D eigenvalue weighted by molar-refractivity contribution is 5.73. The molecule has 0 radical (unpaired) electrons. The molecule has 22 heavy (non-hydrogen) atoms. The van der Waals surface area contributed by atoms with Gasteiger partial charge in [-0.15, -0.1) is 0 Å². The van der Waals surface area contributed by atoms with Crippen LogP contribution in [0.5, 0.6) is 0 Å². The van der Waals surface area contributed by atoms with Crippen molar-refractivity contribution < 1.29 is 4.79 Å². The summed E-state index contributed by atoms with van der Waals surface area (Å²) in [7, 11) is 4.03. The van der Waals surface area contributed by atoms with E-state index in [2.05, 4.69) is 27.7 Å². The first-order valence-electron chi connectivity index (χ1n) is 7.44. The van der Waals surface area contributed by atoms with E-state index in [1.54, 1.807) is 0 Å². The number of nitrogens with one attached hydrogen (secondary N) is 2. The second-order valence-electron chi connectivity index (χ2n) is 5.44. The van der Waals surface area contributed by atoms with E-state index in [1.165, 1.54) is 5.56 Å². The molecule has 2 N–H and O–H groups in total. The largest absolute Gasteiger partial charge is 0.336 e. The van der Waals surface area contributed by atoms with Crippen LogP contribution in [-0.4, -0.2) is 31.6 Å². The normalized spacial score (nSPS) is 12.0. The van der Waals surface area contributed by atoms with Crippen molar-refractivity contribution in [1.82, 2.24) is 15.5 Å². The first kappa shape index (κ1) is 16.0. The Morgan fingerprint density at radius 1 is 0.955 bits per heavy atom. The van der Waals surface area contributed by atoms with Crippen LogP contribution in [0.1, 0.15) is 17.2 Å². The summed E-state index contributed by atoms with van der Waals surface area (Å²) in [6, 6.07) is 20.1. The molecule has 0 saturated heterocycles. The lowest BCUT2D eigenvalue weighted by atomic mass is 10.1. The molecule has 0 aliphatic carbocycles. The maximum absolute atomic E-state index is 11.9. The van der Waals surface area contributed by atoms with Crippen molar-refractivity contribution in [1.29, 1.82) is 0 Å². The van der Waals surface area contributed by atoms with Crippen LogP contribution in [0.15, 0.2) is 60.7 Å². The van der Waals surface area contributed by atoms with Crippen molar-refractivity contribution in [3.05, 3.63) is 71.8 Å². The maximum atomic E-state index is 11.9. The van der Waals surface area contributed by atoms with Gasteiger partial charge in [0.2, 0.25) is 0 Å². The van der Waals surface area contributed by atoms with E-state index in [4.69, 9.17) is 0 Å². The van der Waals surface area contributed by atoms with Crippen LogP contribution in [0.25, 0.3) is 0 Å². The minimum absolute atomic E-state index is 0.147. The van der Waals surface area contributed by atoms with Gasteiger partial charge in [-0.2, -0.15) is 0 Å². The van der Waals surface area contributed by atoms with Crippen molar-refractivity contribution in [2.45, 2.75) is 12.6 Å². The van der Waals surface area contributed by atoms with Crippen molar-refractivity contribution in [3.8, 4) is 0 Å². The molecule has 2 aromatic carbocycles. The number of urea groups is 1.